The number of hydrogen-bond donors (Lipinski definition) is 2. The van der Waals surface area contributed by atoms with Gasteiger partial charge in [0, 0.05) is 50.4 Å². The Morgan fingerprint density at radius 3 is 2.56 bits per heavy atom. The zero-order chi connectivity index (χ0) is 22.4. The Hall–Kier alpha value is -1.12. The molecule has 1 aromatic carbocycles. The summed E-state index contributed by atoms with van der Waals surface area (Å²) >= 11 is 1.46. The molecule has 1 fully saturated rings. The molecule has 2 unspecified atom stereocenters. The maximum atomic E-state index is 12.4. The fraction of sp³-hybridized carbons (Fsp3) is 0.500. The van der Waals surface area contributed by atoms with Gasteiger partial charge in [-0.25, -0.2) is 4.79 Å². The number of anilines is 1. The number of nitrogens with one attached hydrogen (secondary N) is 1. The van der Waals surface area contributed by atoms with Crippen molar-refractivity contribution >= 4 is 29.0 Å². The van der Waals surface area contributed by atoms with Crippen molar-refractivity contribution in [2.75, 3.05) is 11.5 Å². The van der Waals surface area contributed by atoms with Gasteiger partial charge in [-0.15, -0.1) is 10.3 Å². The number of aliphatic hydroxyl groups excluding tert-OH is 1. The molecule has 2 heterocycles. The molecule has 0 spiro atoms. The van der Waals surface area contributed by atoms with Crippen LogP contribution in [0, 0.1) is 5.38 Å². The number of aliphatic hydroxyl groups is 1. The van der Waals surface area contributed by atoms with Crippen molar-refractivity contribution in [3.8, 4) is 0 Å². The van der Waals surface area contributed by atoms with Crippen molar-refractivity contribution in [1.29, 1.82) is 0 Å². The number of unbranched alkanes of at least 4 members (excludes halogenated alkanes) is 2. The van der Waals surface area contributed by atoms with E-state index in [0.29, 0.717) is 12.3 Å². The summed E-state index contributed by atoms with van der Waals surface area (Å²) in [5.74, 6) is -0.363. The van der Waals surface area contributed by atoms with Gasteiger partial charge >= 0.3 is 6.03 Å². The van der Waals surface area contributed by atoms with Crippen LogP contribution in [-0.4, -0.2) is 35.8 Å². The first-order valence-corrected chi connectivity index (χ1v) is 11.6. The second-order valence-electron chi connectivity index (χ2n) is 8.50. The van der Waals surface area contributed by atoms with E-state index in [0.717, 1.165) is 36.1 Å². The standard InChI is InChI=1S/C24H31N2O4S.Y/c1-4-5-6-9-21(27)24(2,3)17-10-12-18(13-11-17)26-20(22(28)25-23(26)29)16-30-15-19-8-7-14-31-19;/h7-8,10-13,20-21,27H,4-6,9,15-16H2,1-3H3,(H,25,28,29);/q-1;. The monoisotopic (exact) mass is 532 g/mol. The minimum Gasteiger partial charge on any atom is -0.392 e. The third-order valence-electron chi connectivity index (χ3n) is 5.91. The van der Waals surface area contributed by atoms with Gasteiger partial charge in [-0.3, -0.25) is 26.3 Å². The molecule has 2 N–H and O–H groups in total. The van der Waals surface area contributed by atoms with E-state index in [4.69, 9.17) is 4.74 Å². The number of carbonyl (C=O) groups is 2. The van der Waals surface area contributed by atoms with Crippen LogP contribution in [0.5, 0.6) is 0 Å². The molecule has 6 nitrogen and oxygen atoms in total. The van der Waals surface area contributed by atoms with Gasteiger partial charge in [0.15, 0.2) is 0 Å². The second kappa shape index (κ2) is 12.4. The quantitative estimate of drug-likeness (QED) is 0.256. The van der Waals surface area contributed by atoms with Gasteiger partial charge in [0.05, 0.1) is 12.7 Å². The van der Waals surface area contributed by atoms with E-state index in [-0.39, 0.29) is 45.2 Å². The van der Waals surface area contributed by atoms with Crippen molar-refractivity contribution in [2.45, 2.75) is 70.6 Å². The van der Waals surface area contributed by atoms with Gasteiger partial charge in [0.25, 0.3) is 5.91 Å². The van der Waals surface area contributed by atoms with E-state index in [1.54, 1.807) is 0 Å². The number of urea groups is 1. The molecule has 171 valence electrons. The van der Waals surface area contributed by atoms with Gasteiger partial charge in [0.2, 0.25) is 0 Å². The van der Waals surface area contributed by atoms with Gasteiger partial charge in [0.1, 0.15) is 6.04 Å². The fourth-order valence-corrected chi connectivity index (χ4v) is 4.33. The average molecular weight is 532 g/mol. The number of benzene rings is 1. The van der Waals surface area contributed by atoms with Gasteiger partial charge in [-0.05, 0) is 24.1 Å². The molecule has 1 aromatic heterocycles. The van der Waals surface area contributed by atoms with Crippen LogP contribution in [0.1, 0.15) is 56.9 Å². The molecule has 1 saturated heterocycles. The molecule has 1 aliphatic heterocycles. The Morgan fingerprint density at radius 1 is 1.22 bits per heavy atom. The van der Waals surface area contributed by atoms with Crippen LogP contribution in [0.15, 0.2) is 36.4 Å². The van der Waals surface area contributed by atoms with Gasteiger partial charge < -0.3 is 9.84 Å². The molecule has 0 aliphatic carbocycles. The second-order valence-corrected chi connectivity index (χ2v) is 9.46. The smallest absolute Gasteiger partial charge is 0.329 e. The summed E-state index contributed by atoms with van der Waals surface area (Å²) in [6, 6.07) is 10.1. The Balaban J connectivity index is 0.00000363. The number of rotatable bonds is 11. The Morgan fingerprint density at radius 2 is 1.94 bits per heavy atom. The Labute approximate surface area is 219 Å². The number of amides is 3. The molecule has 2 atom stereocenters. The molecule has 2 aromatic rings. The van der Waals surface area contributed by atoms with Crippen LogP contribution in [0.3, 0.4) is 0 Å². The third kappa shape index (κ3) is 6.48. The van der Waals surface area contributed by atoms with Crippen LogP contribution in [0.4, 0.5) is 10.5 Å². The first kappa shape index (κ1) is 27.1. The zero-order valence-electron chi connectivity index (χ0n) is 19.0. The summed E-state index contributed by atoms with van der Waals surface area (Å²) in [6.45, 7) is 6.70. The van der Waals surface area contributed by atoms with E-state index in [2.05, 4.69) is 17.6 Å². The van der Waals surface area contributed by atoms with Crippen LogP contribution >= 0.6 is 11.3 Å². The zero-order valence-corrected chi connectivity index (χ0v) is 22.6. The number of hydrogen-bond acceptors (Lipinski definition) is 5. The van der Waals surface area contributed by atoms with Crippen LogP contribution < -0.4 is 10.2 Å². The summed E-state index contributed by atoms with van der Waals surface area (Å²) in [7, 11) is 0. The Bertz CT molecular complexity index is 871. The van der Waals surface area contributed by atoms with E-state index in [9.17, 15) is 14.7 Å². The largest absolute Gasteiger partial charge is 0.392 e. The first-order valence-electron chi connectivity index (χ1n) is 10.8. The maximum absolute atomic E-state index is 12.4. The number of ether oxygens (including phenoxy) is 1. The molecular weight excluding hydrogens is 501 g/mol. The average Bonchev–Trinajstić information content (AvgIpc) is 3.36. The summed E-state index contributed by atoms with van der Waals surface area (Å²) in [4.78, 5) is 27.2. The normalized spacial score (nSPS) is 17.2. The molecule has 0 saturated carbocycles. The fourth-order valence-electron chi connectivity index (χ4n) is 3.77. The van der Waals surface area contributed by atoms with Crippen molar-refractivity contribution in [1.82, 2.24) is 5.32 Å². The number of carbonyl (C=O) groups excluding carboxylic acids is 2. The molecule has 3 rings (SSSR count). The maximum Gasteiger partial charge on any atom is 0.329 e. The number of nitrogens with zero attached hydrogens (tertiary/aromatic N) is 1. The number of thiophene rings is 1. The summed E-state index contributed by atoms with van der Waals surface area (Å²) < 4.78 is 5.69. The van der Waals surface area contributed by atoms with E-state index in [1.165, 1.54) is 16.2 Å². The molecule has 8 heteroatoms. The van der Waals surface area contributed by atoms with Gasteiger partial charge in [-0.2, -0.15) is 12.1 Å². The molecule has 1 aliphatic rings. The topological polar surface area (TPSA) is 78.9 Å². The van der Waals surface area contributed by atoms with Crippen LogP contribution in [0.2, 0.25) is 0 Å². The summed E-state index contributed by atoms with van der Waals surface area (Å²) in [5, 5.41) is 16.1. The summed E-state index contributed by atoms with van der Waals surface area (Å²) in [6.07, 6.45) is 3.54. The van der Waals surface area contributed by atoms with E-state index >= 15 is 0 Å². The first-order chi connectivity index (χ1) is 14.8. The van der Waals surface area contributed by atoms with Crippen molar-refractivity contribution in [3.63, 3.8) is 0 Å². The van der Waals surface area contributed by atoms with Gasteiger partial charge in [-0.1, -0.05) is 52.2 Å². The summed E-state index contributed by atoms with van der Waals surface area (Å²) in [5.41, 5.74) is 1.21. The van der Waals surface area contributed by atoms with Crippen molar-refractivity contribution in [3.05, 3.63) is 52.2 Å². The SMILES string of the molecule is CCCCCC(O)C(C)(C)c1ccc(N2C(=O)NC(=O)C2COCc2cc[c-]s2)cc1.[Y]. The molecule has 0 bridgehead atoms. The predicted molar refractivity (Wildman–Crippen MR) is 122 cm³/mol. The molecule has 32 heavy (non-hydrogen) atoms. The minimum atomic E-state index is -0.713. The minimum absolute atomic E-state index is 0. The van der Waals surface area contributed by atoms with Crippen LogP contribution in [-0.2, 0) is 54.3 Å². The van der Waals surface area contributed by atoms with Crippen LogP contribution in [0.25, 0.3) is 0 Å². The van der Waals surface area contributed by atoms with E-state index in [1.807, 2.05) is 50.2 Å². The third-order valence-corrected chi connectivity index (χ3v) is 6.68. The molecule has 1 radical (unpaired) electrons. The molecular formula is C24H31N2O4SY-. The van der Waals surface area contributed by atoms with Crippen molar-refractivity contribution < 1.29 is 52.1 Å². The van der Waals surface area contributed by atoms with Crippen molar-refractivity contribution in [2.24, 2.45) is 0 Å². The predicted octanol–water partition coefficient (Wildman–Crippen LogP) is 4.41. The Kier molecular flexibility index (Phi) is 10.5. The number of imide groups is 1. The van der Waals surface area contributed by atoms with E-state index < -0.39 is 23.6 Å². The molecule has 3 amide bonds.